The van der Waals surface area contributed by atoms with Crippen molar-refractivity contribution in [1.29, 1.82) is 0 Å². The quantitative estimate of drug-likeness (QED) is 0.161. The van der Waals surface area contributed by atoms with Crippen LogP contribution in [0.25, 0.3) is 22.3 Å². The summed E-state index contributed by atoms with van der Waals surface area (Å²) in [5.74, 6) is -0.989. The van der Waals surface area contributed by atoms with E-state index in [2.05, 4.69) is 0 Å². The molecule has 0 radical (unpaired) electrons. The van der Waals surface area contributed by atoms with Crippen molar-refractivity contribution >= 4 is 34.4 Å². The standard InChI is InChI=1S/C47H31NO7/c49-43-41-42(44(50)48(43)34-19-11-10-18-33(34)28-12-4-1-5-13-28)47(32-16-8-3-9-17-32)40(30-21-23-36-38(25-30)55-27-53-36)39(29-20-22-35-37(24-29)54-26-52-35)46(41,45(47)51)31-14-6-2-7-15-31/h1-25,41-42H,26-27H2/t41-,42-,46+,47+/m1/s1. The summed E-state index contributed by atoms with van der Waals surface area (Å²) in [4.78, 5) is 49.1. The topological polar surface area (TPSA) is 91.4 Å². The number of allylic oxidation sites excluding steroid dienone is 2. The number of rotatable bonds is 6. The highest BCUT2D eigenvalue weighted by molar-refractivity contribution is 6.39. The third-order valence-corrected chi connectivity index (χ3v) is 12.0. The van der Waals surface area contributed by atoms with Crippen molar-refractivity contribution in [3.8, 4) is 34.1 Å². The molecule has 0 aromatic heterocycles. The van der Waals surface area contributed by atoms with Crippen molar-refractivity contribution in [2.45, 2.75) is 10.8 Å². The third-order valence-electron chi connectivity index (χ3n) is 12.0. The van der Waals surface area contributed by atoms with Crippen LogP contribution in [0.15, 0.2) is 152 Å². The molecule has 2 aliphatic carbocycles. The van der Waals surface area contributed by atoms with E-state index in [-0.39, 0.29) is 19.4 Å². The molecule has 2 fully saturated rings. The lowest BCUT2D eigenvalue weighted by molar-refractivity contribution is -0.130. The van der Waals surface area contributed by atoms with Gasteiger partial charge in [-0.2, -0.15) is 0 Å². The van der Waals surface area contributed by atoms with E-state index >= 15 is 14.4 Å². The predicted molar refractivity (Wildman–Crippen MR) is 205 cm³/mol. The van der Waals surface area contributed by atoms with E-state index < -0.39 is 34.5 Å². The Bertz CT molecular complexity index is 2500. The number of ketones is 1. The first-order valence-electron chi connectivity index (χ1n) is 18.3. The van der Waals surface area contributed by atoms with Crippen LogP contribution in [0.3, 0.4) is 0 Å². The van der Waals surface area contributed by atoms with Crippen LogP contribution < -0.4 is 23.8 Å². The number of anilines is 1. The Morgan fingerprint density at radius 2 is 0.891 bits per heavy atom. The van der Waals surface area contributed by atoms with Crippen LogP contribution in [0.1, 0.15) is 22.3 Å². The first-order valence-corrected chi connectivity index (χ1v) is 18.3. The van der Waals surface area contributed by atoms with Crippen LogP contribution in [-0.4, -0.2) is 31.2 Å². The Kier molecular flexibility index (Phi) is 6.62. The minimum absolute atomic E-state index is 0.0665. The van der Waals surface area contributed by atoms with E-state index in [9.17, 15) is 0 Å². The molecule has 2 amide bonds. The summed E-state index contributed by atoms with van der Waals surface area (Å²) in [5, 5.41) is 0. The minimum Gasteiger partial charge on any atom is -0.454 e. The summed E-state index contributed by atoms with van der Waals surface area (Å²) in [6, 6.07) is 47.5. The lowest BCUT2D eigenvalue weighted by Gasteiger charge is -2.39. The average Bonchev–Trinajstić information content (AvgIpc) is 4.05. The van der Waals surface area contributed by atoms with Crippen LogP contribution in [0.2, 0.25) is 0 Å². The Hall–Kier alpha value is -6.93. The summed E-state index contributed by atoms with van der Waals surface area (Å²) in [6.45, 7) is 0.133. The van der Waals surface area contributed by atoms with Crippen LogP contribution in [-0.2, 0) is 25.2 Å². The molecule has 2 bridgehead atoms. The van der Waals surface area contributed by atoms with Crippen molar-refractivity contribution < 1.29 is 33.3 Å². The molecule has 1 saturated heterocycles. The summed E-state index contributed by atoms with van der Waals surface area (Å²) >= 11 is 0. The maximum atomic E-state index is 16.4. The first kappa shape index (κ1) is 31.6. The molecule has 5 aliphatic rings. The second-order valence-corrected chi connectivity index (χ2v) is 14.4. The van der Waals surface area contributed by atoms with E-state index in [4.69, 9.17) is 18.9 Å². The van der Waals surface area contributed by atoms with Gasteiger partial charge in [-0.15, -0.1) is 0 Å². The van der Waals surface area contributed by atoms with E-state index in [0.717, 1.165) is 11.1 Å². The fraction of sp³-hybridized carbons (Fsp3) is 0.128. The second-order valence-electron chi connectivity index (χ2n) is 14.4. The van der Waals surface area contributed by atoms with E-state index in [1.807, 2.05) is 152 Å². The molecule has 1 saturated carbocycles. The molecule has 6 aromatic carbocycles. The first-order chi connectivity index (χ1) is 27.0. The van der Waals surface area contributed by atoms with E-state index in [1.165, 1.54) is 4.90 Å². The van der Waals surface area contributed by atoms with Gasteiger partial charge in [-0.25, -0.2) is 4.90 Å². The van der Waals surface area contributed by atoms with Crippen molar-refractivity contribution in [3.63, 3.8) is 0 Å². The number of carbonyl (C=O) groups is 3. The van der Waals surface area contributed by atoms with Gasteiger partial charge in [0.05, 0.1) is 28.4 Å². The lowest BCUT2D eigenvalue weighted by Crippen LogP contribution is -2.45. The Balaban J connectivity index is 1.27. The van der Waals surface area contributed by atoms with Gasteiger partial charge in [0.2, 0.25) is 25.4 Å². The molecule has 3 aliphatic heterocycles. The Morgan fingerprint density at radius 1 is 0.455 bits per heavy atom. The fourth-order valence-electron chi connectivity index (χ4n) is 10.00. The van der Waals surface area contributed by atoms with Gasteiger partial charge < -0.3 is 18.9 Å². The third kappa shape index (κ3) is 4.03. The number of Topliss-reactive ketones (excluding diaryl/α,β-unsaturated/α-hetero) is 1. The minimum atomic E-state index is -1.59. The number of para-hydroxylation sites is 1. The Labute approximate surface area is 316 Å². The number of benzene rings is 6. The summed E-state index contributed by atoms with van der Waals surface area (Å²) in [7, 11) is 0. The summed E-state index contributed by atoms with van der Waals surface area (Å²) in [6.07, 6.45) is 0. The number of hydrogen-bond donors (Lipinski definition) is 0. The van der Waals surface area contributed by atoms with Crippen LogP contribution >= 0.6 is 0 Å². The fourth-order valence-corrected chi connectivity index (χ4v) is 10.00. The molecule has 11 rings (SSSR count). The molecule has 0 unspecified atom stereocenters. The molecule has 55 heavy (non-hydrogen) atoms. The van der Waals surface area contributed by atoms with Gasteiger partial charge in [0, 0.05) is 5.56 Å². The van der Waals surface area contributed by atoms with E-state index in [1.54, 1.807) is 0 Å². The molecule has 3 heterocycles. The molecule has 8 nitrogen and oxygen atoms in total. The van der Waals surface area contributed by atoms with Gasteiger partial charge in [-0.3, -0.25) is 14.4 Å². The van der Waals surface area contributed by atoms with Crippen molar-refractivity contribution in [2.24, 2.45) is 11.8 Å². The summed E-state index contributed by atoms with van der Waals surface area (Å²) in [5.41, 5.74) is 2.83. The molecular weight excluding hydrogens is 691 g/mol. The zero-order valence-corrected chi connectivity index (χ0v) is 29.3. The van der Waals surface area contributed by atoms with Gasteiger partial charge in [0.25, 0.3) is 0 Å². The highest BCUT2D eigenvalue weighted by atomic mass is 16.7. The second kappa shape index (κ2) is 11.5. The van der Waals surface area contributed by atoms with E-state index in [0.29, 0.717) is 62.1 Å². The van der Waals surface area contributed by atoms with Gasteiger partial charge >= 0.3 is 0 Å². The number of ether oxygens (including phenoxy) is 4. The zero-order valence-electron chi connectivity index (χ0n) is 29.3. The highest BCUT2D eigenvalue weighted by Crippen LogP contribution is 2.75. The zero-order chi connectivity index (χ0) is 36.9. The number of fused-ring (bicyclic) bond motifs is 7. The van der Waals surface area contributed by atoms with Gasteiger partial charge in [-0.1, -0.05) is 121 Å². The molecule has 0 spiro atoms. The van der Waals surface area contributed by atoms with Gasteiger partial charge in [0.1, 0.15) is 0 Å². The maximum absolute atomic E-state index is 16.4. The molecule has 8 heteroatoms. The van der Waals surface area contributed by atoms with Gasteiger partial charge in [-0.05, 0) is 69.3 Å². The predicted octanol–water partition coefficient (Wildman–Crippen LogP) is 8.00. The number of carbonyl (C=O) groups excluding carboxylic acids is 3. The Morgan fingerprint density at radius 3 is 1.40 bits per heavy atom. The molecular formula is C47H31NO7. The molecule has 0 N–H and O–H groups in total. The van der Waals surface area contributed by atoms with Crippen LogP contribution in [0.5, 0.6) is 23.0 Å². The SMILES string of the molecule is O=C1[C@H]2[C@H](C(=O)N1c1ccccc1-c1ccccc1)[C@@]1(c3ccccc3)C(=O)[C@@]2(c2ccccc2)C(c2ccc3c(c2)OCO3)=C1c1ccc2c(c1)OCO2. The number of imide groups is 1. The number of nitrogens with zero attached hydrogens (tertiary/aromatic N) is 1. The van der Waals surface area contributed by atoms with Crippen molar-refractivity contribution in [1.82, 2.24) is 0 Å². The maximum Gasteiger partial charge on any atom is 0.239 e. The molecule has 4 atom stereocenters. The van der Waals surface area contributed by atoms with Crippen molar-refractivity contribution in [2.75, 3.05) is 18.5 Å². The van der Waals surface area contributed by atoms with Crippen LogP contribution in [0.4, 0.5) is 5.69 Å². The lowest BCUT2D eigenvalue weighted by atomic mass is 9.59. The van der Waals surface area contributed by atoms with Crippen molar-refractivity contribution in [3.05, 3.63) is 174 Å². The summed E-state index contributed by atoms with van der Waals surface area (Å²) < 4.78 is 23.3. The van der Waals surface area contributed by atoms with Crippen LogP contribution in [0, 0.1) is 11.8 Å². The molecule has 266 valence electrons. The monoisotopic (exact) mass is 721 g/mol. The highest BCUT2D eigenvalue weighted by Gasteiger charge is 2.83. The average molecular weight is 722 g/mol. The number of amides is 2. The van der Waals surface area contributed by atoms with Gasteiger partial charge in [0.15, 0.2) is 28.8 Å². The normalized spacial score (nSPS) is 24.2. The largest absolute Gasteiger partial charge is 0.454 e. The molecule has 6 aromatic rings. The smallest absolute Gasteiger partial charge is 0.239 e. The number of hydrogen-bond acceptors (Lipinski definition) is 7.